The molecule has 2 atom stereocenters. The molecule has 6 heteroatoms. The summed E-state index contributed by atoms with van der Waals surface area (Å²) in [5.41, 5.74) is 2.01. The van der Waals surface area contributed by atoms with E-state index in [1.54, 1.807) is 21.7 Å². The third kappa shape index (κ3) is 4.31. The number of amides is 1. The average Bonchev–Trinajstić information content (AvgIpc) is 2.82. The van der Waals surface area contributed by atoms with Crippen LogP contribution in [0.25, 0.3) is 0 Å². The fourth-order valence-electron chi connectivity index (χ4n) is 3.09. The van der Waals surface area contributed by atoms with Crippen LogP contribution in [0.3, 0.4) is 0 Å². The lowest BCUT2D eigenvalue weighted by molar-refractivity contribution is 0.0134. The highest BCUT2D eigenvalue weighted by Crippen LogP contribution is 2.31. The SMILES string of the molecule is C=CCC(O)c1c2c(nn1CC=C)CC(C)N(C(=O)OC(C)(C)C)C2. The molecule has 0 aromatic carbocycles. The number of carbonyl (C=O) groups is 1. The zero-order chi connectivity index (χ0) is 18.8. The van der Waals surface area contributed by atoms with Crippen molar-refractivity contribution in [3.8, 4) is 0 Å². The summed E-state index contributed by atoms with van der Waals surface area (Å²) in [5, 5.41) is 15.2. The number of nitrogens with zero attached hydrogens (tertiary/aromatic N) is 3. The highest BCUT2D eigenvalue weighted by molar-refractivity contribution is 5.69. The molecular formula is C19H29N3O3. The molecule has 2 heterocycles. The van der Waals surface area contributed by atoms with Crippen molar-refractivity contribution in [1.29, 1.82) is 0 Å². The topological polar surface area (TPSA) is 67.6 Å². The monoisotopic (exact) mass is 347 g/mol. The molecule has 1 amide bonds. The molecule has 1 aliphatic rings. The van der Waals surface area contributed by atoms with Crippen LogP contribution in [0.15, 0.2) is 25.3 Å². The first-order valence-electron chi connectivity index (χ1n) is 8.65. The number of rotatable bonds is 5. The summed E-state index contributed by atoms with van der Waals surface area (Å²) in [6.45, 7) is 15.9. The van der Waals surface area contributed by atoms with Gasteiger partial charge in [-0.2, -0.15) is 5.10 Å². The first-order valence-corrected chi connectivity index (χ1v) is 8.65. The maximum Gasteiger partial charge on any atom is 0.410 e. The number of hydrogen-bond acceptors (Lipinski definition) is 4. The highest BCUT2D eigenvalue weighted by atomic mass is 16.6. The van der Waals surface area contributed by atoms with E-state index in [0.717, 1.165) is 17.0 Å². The number of hydrogen-bond donors (Lipinski definition) is 1. The lowest BCUT2D eigenvalue weighted by Crippen LogP contribution is -2.45. The van der Waals surface area contributed by atoms with Crippen LogP contribution in [0.2, 0.25) is 0 Å². The van der Waals surface area contributed by atoms with Crippen LogP contribution in [0.5, 0.6) is 0 Å². The Labute approximate surface area is 149 Å². The van der Waals surface area contributed by atoms with Crippen molar-refractivity contribution in [3.63, 3.8) is 0 Å². The maximum atomic E-state index is 12.6. The van der Waals surface area contributed by atoms with E-state index in [1.165, 1.54) is 0 Å². The molecule has 1 aliphatic heterocycles. The van der Waals surface area contributed by atoms with Crippen molar-refractivity contribution >= 4 is 6.09 Å². The molecule has 2 unspecified atom stereocenters. The molecule has 0 bridgehead atoms. The second-order valence-corrected chi connectivity index (χ2v) is 7.48. The Kier molecular flexibility index (Phi) is 5.72. The van der Waals surface area contributed by atoms with Crippen molar-refractivity contribution in [2.45, 2.75) is 71.4 Å². The number of allylic oxidation sites excluding steroid dienone is 1. The van der Waals surface area contributed by atoms with Gasteiger partial charge >= 0.3 is 6.09 Å². The van der Waals surface area contributed by atoms with Gasteiger partial charge < -0.3 is 14.7 Å². The summed E-state index contributed by atoms with van der Waals surface area (Å²) >= 11 is 0. The normalized spacial score (nSPS) is 18.4. The predicted molar refractivity (Wildman–Crippen MR) is 97.1 cm³/mol. The van der Waals surface area contributed by atoms with E-state index < -0.39 is 11.7 Å². The van der Waals surface area contributed by atoms with Crippen LogP contribution in [-0.4, -0.2) is 37.5 Å². The second-order valence-electron chi connectivity index (χ2n) is 7.48. The fraction of sp³-hybridized carbons (Fsp3) is 0.579. The number of aliphatic hydroxyl groups excluding tert-OH is 1. The largest absolute Gasteiger partial charge is 0.444 e. The van der Waals surface area contributed by atoms with E-state index in [9.17, 15) is 9.90 Å². The molecule has 138 valence electrons. The molecule has 2 rings (SSSR count). The van der Waals surface area contributed by atoms with Gasteiger partial charge in [0.05, 0.1) is 30.6 Å². The highest BCUT2D eigenvalue weighted by Gasteiger charge is 2.35. The zero-order valence-electron chi connectivity index (χ0n) is 15.7. The third-order valence-corrected chi connectivity index (χ3v) is 4.16. The smallest absolute Gasteiger partial charge is 0.410 e. The van der Waals surface area contributed by atoms with E-state index in [4.69, 9.17) is 4.74 Å². The molecule has 0 fully saturated rings. The van der Waals surface area contributed by atoms with Crippen molar-refractivity contribution < 1.29 is 14.6 Å². The summed E-state index contributed by atoms with van der Waals surface area (Å²) in [4.78, 5) is 14.3. The third-order valence-electron chi connectivity index (χ3n) is 4.16. The van der Waals surface area contributed by atoms with Crippen LogP contribution in [-0.2, 0) is 24.2 Å². The van der Waals surface area contributed by atoms with Crippen LogP contribution in [0, 0.1) is 0 Å². The molecule has 1 aromatic heterocycles. The van der Waals surface area contributed by atoms with Gasteiger partial charge in [0.25, 0.3) is 0 Å². The Morgan fingerprint density at radius 1 is 1.44 bits per heavy atom. The quantitative estimate of drug-likeness (QED) is 0.829. The van der Waals surface area contributed by atoms with E-state index in [0.29, 0.717) is 25.9 Å². The predicted octanol–water partition coefficient (Wildman–Crippen LogP) is 3.36. The van der Waals surface area contributed by atoms with E-state index in [-0.39, 0.29) is 12.1 Å². The first-order chi connectivity index (χ1) is 11.7. The van der Waals surface area contributed by atoms with Gasteiger partial charge in [0.2, 0.25) is 0 Å². The fourth-order valence-corrected chi connectivity index (χ4v) is 3.09. The average molecular weight is 347 g/mol. The molecule has 25 heavy (non-hydrogen) atoms. The minimum atomic E-state index is -0.706. The van der Waals surface area contributed by atoms with Crippen molar-refractivity contribution in [3.05, 3.63) is 42.3 Å². The van der Waals surface area contributed by atoms with Crippen molar-refractivity contribution in [2.24, 2.45) is 0 Å². The first kappa shape index (κ1) is 19.2. The maximum absolute atomic E-state index is 12.6. The zero-order valence-corrected chi connectivity index (χ0v) is 15.7. The second kappa shape index (κ2) is 7.44. The molecule has 0 radical (unpaired) electrons. The standard InChI is InChI=1S/C19H29N3O3/c1-7-9-16(23)17-14-12-21(18(24)25-19(4,5)6)13(3)11-15(14)20-22(17)10-8-2/h7-8,13,16,23H,1-2,9-12H2,3-6H3. The molecule has 0 saturated heterocycles. The number of fused-ring (bicyclic) bond motifs is 1. The molecule has 0 spiro atoms. The molecule has 1 aromatic rings. The van der Waals surface area contributed by atoms with E-state index >= 15 is 0 Å². The van der Waals surface area contributed by atoms with Crippen LogP contribution >= 0.6 is 0 Å². The number of aliphatic hydroxyl groups is 1. The van der Waals surface area contributed by atoms with Gasteiger partial charge in [-0.15, -0.1) is 13.2 Å². The molecule has 0 saturated carbocycles. The summed E-state index contributed by atoms with van der Waals surface area (Å²) in [7, 11) is 0. The Bertz CT molecular complexity index is 658. The summed E-state index contributed by atoms with van der Waals surface area (Å²) in [5.74, 6) is 0. The van der Waals surface area contributed by atoms with Gasteiger partial charge in [-0.1, -0.05) is 12.2 Å². The van der Waals surface area contributed by atoms with Crippen molar-refractivity contribution in [2.75, 3.05) is 0 Å². The lowest BCUT2D eigenvalue weighted by atomic mass is 9.97. The van der Waals surface area contributed by atoms with E-state index in [1.807, 2.05) is 27.7 Å². The van der Waals surface area contributed by atoms with Gasteiger partial charge in [-0.3, -0.25) is 4.68 Å². The number of ether oxygens (including phenoxy) is 1. The molecule has 0 aliphatic carbocycles. The van der Waals surface area contributed by atoms with Gasteiger partial charge in [0.15, 0.2) is 0 Å². The molecule has 1 N–H and O–H groups in total. The van der Waals surface area contributed by atoms with Gasteiger partial charge in [-0.25, -0.2) is 4.79 Å². The lowest BCUT2D eigenvalue weighted by Gasteiger charge is -2.34. The number of aromatic nitrogens is 2. The van der Waals surface area contributed by atoms with Gasteiger partial charge in [-0.05, 0) is 34.1 Å². The van der Waals surface area contributed by atoms with E-state index in [2.05, 4.69) is 18.3 Å². The molecule has 6 nitrogen and oxygen atoms in total. The van der Waals surface area contributed by atoms with Crippen molar-refractivity contribution in [1.82, 2.24) is 14.7 Å². The minimum Gasteiger partial charge on any atom is -0.444 e. The van der Waals surface area contributed by atoms with Crippen LogP contribution < -0.4 is 0 Å². The van der Waals surface area contributed by atoms with Gasteiger partial charge in [0.1, 0.15) is 5.60 Å². The van der Waals surface area contributed by atoms with Gasteiger partial charge in [0, 0.05) is 18.0 Å². The Hall–Kier alpha value is -2.08. The summed E-state index contributed by atoms with van der Waals surface area (Å²) in [6, 6.07) is -0.0150. The Morgan fingerprint density at radius 2 is 2.12 bits per heavy atom. The Balaban J connectivity index is 2.37. The Morgan fingerprint density at radius 3 is 2.68 bits per heavy atom. The number of carbonyl (C=O) groups excluding carboxylic acids is 1. The summed E-state index contributed by atoms with van der Waals surface area (Å²) < 4.78 is 7.30. The summed E-state index contributed by atoms with van der Waals surface area (Å²) in [6.07, 6.45) is 3.44. The molecular weight excluding hydrogens is 318 g/mol. The van der Waals surface area contributed by atoms with Crippen LogP contribution in [0.1, 0.15) is 57.2 Å². The van der Waals surface area contributed by atoms with Crippen LogP contribution in [0.4, 0.5) is 4.79 Å². The minimum absolute atomic E-state index is 0.0150.